The molecule has 158 valence electrons. The number of halogens is 1. The van der Waals surface area contributed by atoms with Crippen LogP contribution in [0, 0.1) is 5.41 Å². The number of piperazine rings is 1. The van der Waals surface area contributed by atoms with Gasteiger partial charge in [0.2, 0.25) is 0 Å². The van der Waals surface area contributed by atoms with Crippen molar-refractivity contribution >= 4 is 46.6 Å². The molecule has 3 rings (SSSR count). The summed E-state index contributed by atoms with van der Waals surface area (Å²) in [4.78, 5) is 21.7. The molecule has 10 heteroatoms. The zero-order valence-electron chi connectivity index (χ0n) is 17.0. The Balaban J connectivity index is 1.95. The van der Waals surface area contributed by atoms with Gasteiger partial charge in [0, 0.05) is 55.2 Å². The lowest BCUT2D eigenvalue weighted by atomic mass is 9.96. The second kappa shape index (κ2) is 9.77. The van der Waals surface area contributed by atoms with Gasteiger partial charge < -0.3 is 26.3 Å². The number of rotatable bonds is 6. The molecule has 1 fully saturated rings. The fraction of sp³-hybridized carbons (Fsp3) is 0.350. The first kappa shape index (κ1) is 21.8. The Morgan fingerprint density at radius 1 is 1.47 bits per heavy atom. The molecule has 4 N–H and O–H groups in total. The van der Waals surface area contributed by atoms with Crippen molar-refractivity contribution in [2.24, 2.45) is 15.7 Å². The first-order valence-electron chi connectivity index (χ1n) is 9.59. The third kappa shape index (κ3) is 4.65. The Morgan fingerprint density at radius 3 is 2.93 bits per heavy atom. The van der Waals surface area contributed by atoms with E-state index in [2.05, 4.69) is 61.7 Å². The van der Waals surface area contributed by atoms with Gasteiger partial charge in [-0.05, 0) is 42.6 Å². The maximum Gasteiger partial charge on any atom is 0.179 e. The molecule has 3 atom stereocenters. The first-order chi connectivity index (χ1) is 14.5. The molecule has 1 saturated heterocycles. The predicted molar refractivity (Wildman–Crippen MR) is 126 cm³/mol. The molecule has 0 aliphatic carbocycles. The van der Waals surface area contributed by atoms with Crippen LogP contribution in [0.3, 0.4) is 0 Å². The number of nitrogens with one attached hydrogen (secondary N) is 2. The molecule has 0 bridgehead atoms. The standard InChI is InChI=1S/C20H26BrN9/c1-13-11-30(14(2)19(27-13)15(8-22)9-23)18-4-5-26-20(28-18)16(10-24-3)29-7-6-25-17(21)12-29/h4-6,8-10,12-14,19,22,27H,3,7,11,23H2,1-2H3/b15-9+,16-10-,22-8?. The van der Waals surface area contributed by atoms with Gasteiger partial charge in [-0.15, -0.1) is 0 Å². The van der Waals surface area contributed by atoms with Crippen LogP contribution < -0.4 is 16.0 Å². The van der Waals surface area contributed by atoms with Crippen molar-refractivity contribution in [3.8, 4) is 0 Å². The lowest BCUT2D eigenvalue weighted by molar-refractivity contribution is 0.362. The number of nitrogens with two attached hydrogens (primary N) is 1. The number of hydrogen-bond donors (Lipinski definition) is 3. The van der Waals surface area contributed by atoms with E-state index in [1.807, 2.05) is 17.2 Å². The van der Waals surface area contributed by atoms with Crippen LogP contribution in [-0.4, -0.2) is 65.2 Å². The van der Waals surface area contributed by atoms with Gasteiger partial charge in [-0.2, -0.15) is 0 Å². The van der Waals surface area contributed by atoms with Crippen LogP contribution in [0.25, 0.3) is 5.70 Å². The summed E-state index contributed by atoms with van der Waals surface area (Å²) in [6.07, 6.45) is 9.84. The highest BCUT2D eigenvalue weighted by Crippen LogP contribution is 2.26. The summed E-state index contributed by atoms with van der Waals surface area (Å²) in [7, 11) is 0. The minimum absolute atomic E-state index is 0.0430. The molecule has 30 heavy (non-hydrogen) atoms. The van der Waals surface area contributed by atoms with E-state index in [1.54, 1.807) is 18.6 Å². The molecule has 0 saturated carbocycles. The Labute approximate surface area is 184 Å². The fourth-order valence-corrected chi connectivity index (χ4v) is 4.03. The molecular formula is C20H26BrN9. The monoisotopic (exact) mass is 471 g/mol. The normalized spacial score (nSPS) is 25.2. The molecule has 9 nitrogen and oxygen atoms in total. The molecule has 0 amide bonds. The maximum absolute atomic E-state index is 7.68. The van der Waals surface area contributed by atoms with Crippen molar-refractivity contribution in [2.75, 3.05) is 18.0 Å². The van der Waals surface area contributed by atoms with Crippen molar-refractivity contribution in [2.45, 2.75) is 32.0 Å². The molecule has 1 aromatic heterocycles. The smallest absolute Gasteiger partial charge is 0.179 e. The second-order valence-electron chi connectivity index (χ2n) is 7.10. The van der Waals surface area contributed by atoms with Crippen LogP contribution >= 0.6 is 15.9 Å². The Kier molecular flexibility index (Phi) is 7.11. The first-order valence-corrected chi connectivity index (χ1v) is 10.4. The molecule has 0 aromatic carbocycles. The highest BCUT2D eigenvalue weighted by molar-refractivity contribution is 9.11. The zero-order chi connectivity index (χ0) is 21.7. The molecule has 1 aromatic rings. The number of aromatic nitrogens is 2. The maximum atomic E-state index is 7.68. The van der Waals surface area contributed by atoms with Crippen LogP contribution in [0.5, 0.6) is 0 Å². The summed E-state index contributed by atoms with van der Waals surface area (Å²) in [5.41, 5.74) is 7.22. The lowest BCUT2D eigenvalue weighted by Crippen LogP contribution is -2.61. The number of aliphatic imine (C=N–C) groups is 2. The van der Waals surface area contributed by atoms with E-state index in [1.165, 1.54) is 12.4 Å². The summed E-state index contributed by atoms with van der Waals surface area (Å²) >= 11 is 3.40. The van der Waals surface area contributed by atoms with E-state index in [0.717, 1.165) is 23.6 Å². The van der Waals surface area contributed by atoms with Gasteiger partial charge >= 0.3 is 0 Å². The van der Waals surface area contributed by atoms with Crippen LogP contribution in [-0.2, 0) is 0 Å². The molecule has 2 aliphatic heterocycles. The summed E-state index contributed by atoms with van der Waals surface area (Å²) in [5, 5.41) is 11.2. The minimum atomic E-state index is -0.0725. The average Bonchev–Trinajstić information content (AvgIpc) is 2.75. The molecular weight excluding hydrogens is 446 g/mol. The highest BCUT2D eigenvalue weighted by Gasteiger charge is 2.33. The quantitative estimate of drug-likeness (QED) is 0.431. The SMILES string of the molecule is C=N/C=C(/c1nccc(N2CC(C)NC(/C(C=N)=C/N)C2C)n1)N1C=C(Br)N=CC1. The predicted octanol–water partition coefficient (Wildman–Crippen LogP) is 2.10. The third-order valence-electron chi connectivity index (χ3n) is 5.07. The topological polar surface area (TPSA) is 119 Å². The molecule has 3 heterocycles. The number of hydrogen-bond acceptors (Lipinski definition) is 9. The lowest BCUT2D eigenvalue weighted by Gasteiger charge is -2.44. The fourth-order valence-electron chi connectivity index (χ4n) is 3.64. The van der Waals surface area contributed by atoms with Gasteiger partial charge in [0.1, 0.15) is 16.1 Å². The van der Waals surface area contributed by atoms with E-state index in [4.69, 9.17) is 16.1 Å². The number of anilines is 1. The Bertz CT molecular complexity index is 921. The van der Waals surface area contributed by atoms with Crippen molar-refractivity contribution in [1.29, 1.82) is 5.41 Å². The Hall–Kier alpha value is -2.85. The zero-order valence-corrected chi connectivity index (χ0v) is 18.6. The van der Waals surface area contributed by atoms with Crippen LogP contribution in [0.1, 0.15) is 19.7 Å². The van der Waals surface area contributed by atoms with Gasteiger partial charge in [0.05, 0.1) is 18.8 Å². The molecule has 2 aliphatic rings. The van der Waals surface area contributed by atoms with Gasteiger partial charge in [-0.25, -0.2) is 9.97 Å². The van der Waals surface area contributed by atoms with Crippen LogP contribution in [0.4, 0.5) is 5.82 Å². The van der Waals surface area contributed by atoms with Gasteiger partial charge in [-0.3, -0.25) is 9.98 Å². The Morgan fingerprint density at radius 2 is 2.27 bits per heavy atom. The summed E-state index contributed by atoms with van der Waals surface area (Å²) in [5.74, 6) is 1.35. The van der Waals surface area contributed by atoms with Crippen molar-refractivity contribution in [3.05, 3.63) is 46.9 Å². The van der Waals surface area contributed by atoms with Crippen molar-refractivity contribution < 1.29 is 0 Å². The average molecular weight is 472 g/mol. The second-order valence-corrected chi connectivity index (χ2v) is 7.91. The van der Waals surface area contributed by atoms with E-state index in [-0.39, 0.29) is 18.1 Å². The van der Waals surface area contributed by atoms with E-state index in [9.17, 15) is 0 Å². The van der Waals surface area contributed by atoms with E-state index < -0.39 is 0 Å². The molecule has 0 spiro atoms. The third-order valence-corrected chi connectivity index (χ3v) is 5.48. The summed E-state index contributed by atoms with van der Waals surface area (Å²) in [6.45, 7) is 9.14. The highest BCUT2D eigenvalue weighted by atomic mass is 79.9. The minimum Gasteiger partial charge on any atom is -0.404 e. The van der Waals surface area contributed by atoms with E-state index in [0.29, 0.717) is 17.0 Å². The van der Waals surface area contributed by atoms with Gasteiger partial charge in [0.15, 0.2) is 5.82 Å². The van der Waals surface area contributed by atoms with E-state index >= 15 is 0 Å². The van der Waals surface area contributed by atoms with Gasteiger partial charge in [0.25, 0.3) is 0 Å². The largest absolute Gasteiger partial charge is 0.404 e. The van der Waals surface area contributed by atoms with Crippen LogP contribution in [0.15, 0.2) is 51.0 Å². The van der Waals surface area contributed by atoms with Crippen molar-refractivity contribution in [3.63, 3.8) is 0 Å². The molecule has 0 radical (unpaired) electrons. The molecule has 3 unspecified atom stereocenters. The van der Waals surface area contributed by atoms with Gasteiger partial charge in [-0.1, -0.05) is 0 Å². The number of nitrogens with zero attached hydrogens (tertiary/aromatic N) is 6. The van der Waals surface area contributed by atoms with Crippen molar-refractivity contribution in [1.82, 2.24) is 20.2 Å². The summed E-state index contributed by atoms with van der Waals surface area (Å²) < 4.78 is 0.708. The van der Waals surface area contributed by atoms with Crippen LogP contribution in [0.2, 0.25) is 0 Å². The summed E-state index contributed by atoms with van der Waals surface area (Å²) in [6, 6.07) is 2.06.